The van der Waals surface area contributed by atoms with Crippen LogP contribution < -0.4 is 10.6 Å². The van der Waals surface area contributed by atoms with Crippen molar-refractivity contribution in [3.8, 4) is 0 Å². The zero-order valence-corrected chi connectivity index (χ0v) is 15.3. The molecule has 144 valence electrons. The molecule has 1 saturated heterocycles. The highest BCUT2D eigenvalue weighted by molar-refractivity contribution is 6.07. The Morgan fingerprint density at radius 3 is 2.04 bits per heavy atom. The average molecular weight is 378 g/mol. The lowest BCUT2D eigenvalue weighted by Crippen LogP contribution is -2.50. The van der Waals surface area contributed by atoms with Crippen LogP contribution in [-0.4, -0.2) is 28.6 Å². The van der Waals surface area contributed by atoms with E-state index in [4.69, 9.17) is 0 Å². The molecule has 1 aliphatic carbocycles. The van der Waals surface area contributed by atoms with E-state index >= 15 is 0 Å². The second-order valence-electron chi connectivity index (χ2n) is 7.58. The molecule has 2 aliphatic rings. The molecule has 6 nitrogen and oxygen atoms in total. The number of hydrogen-bond acceptors (Lipinski definition) is 3. The second-order valence-corrected chi connectivity index (χ2v) is 7.58. The molecule has 2 aromatic carbocycles. The van der Waals surface area contributed by atoms with Gasteiger partial charge in [-0.3, -0.25) is 14.9 Å². The molecular weight excluding hydrogens is 356 g/mol. The quantitative estimate of drug-likeness (QED) is 0.646. The summed E-state index contributed by atoms with van der Waals surface area (Å²) in [5.74, 6) is -2.24. The van der Waals surface area contributed by atoms with Crippen LogP contribution in [0.15, 0.2) is 60.7 Å². The van der Waals surface area contributed by atoms with Crippen molar-refractivity contribution in [2.75, 3.05) is 0 Å². The highest BCUT2D eigenvalue weighted by Crippen LogP contribution is 2.50. The van der Waals surface area contributed by atoms with E-state index in [1.807, 2.05) is 36.4 Å². The minimum atomic E-state index is -1.15. The Morgan fingerprint density at radius 2 is 1.61 bits per heavy atom. The SMILES string of the molecule is O=C1NC(=O)C(CCC(c2ccccc2)c2ccccc2)([C@H]2C[C@@H]2C(=O)O)N1. The topological polar surface area (TPSA) is 95.5 Å². The smallest absolute Gasteiger partial charge is 0.322 e. The van der Waals surface area contributed by atoms with Gasteiger partial charge in [0.2, 0.25) is 0 Å². The molecule has 3 atom stereocenters. The van der Waals surface area contributed by atoms with Gasteiger partial charge < -0.3 is 10.4 Å². The predicted molar refractivity (Wildman–Crippen MR) is 103 cm³/mol. The molecule has 1 saturated carbocycles. The van der Waals surface area contributed by atoms with Gasteiger partial charge in [-0.05, 0) is 30.4 Å². The van der Waals surface area contributed by atoms with E-state index in [2.05, 4.69) is 34.9 Å². The summed E-state index contributed by atoms with van der Waals surface area (Å²) in [5, 5.41) is 14.4. The summed E-state index contributed by atoms with van der Waals surface area (Å²) in [4.78, 5) is 35.9. The number of carbonyl (C=O) groups is 3. The number of carboxylic acids is 1. The maximum atomic E-state index is 12.7. The van der Waals surface area contributed by atoms with E-state index in [1.165, 1.54) is 0 Å². The first-order valence-electron chi connectivity index (χ1n) is 9.47. The van der Waals surface area contributed by atoms with Crippen LogP contribution in [0.2, 0.25) is 0 Å². The average Bonchev–Trinajstić information content (AvgIpc) is 3.45. The lowest BCUT2D eigenvalue weighted by atomic mass is 9.80. The van der Waals surface area contributed by atoms with Crippen LogP contribution in [0.5, 0.6) is 0 Å². The van der Waals surface area contributed by atoms with Gasteiger partial charge in [0, 0.05) is 11.8 Å². The van der Waals surface area contributed by atoms with Crippen molar-refractivity contribution in [3.63, 3.8) is 0 Å². The Balaban J connectivity index is 1.62. The number of carbonyl (C=O) groups excluding carboxylic acids is 2. The predicted octanol–water partition coefficient (Wildman–Crippen LogP) is 2.90. The van der Waals surface area contributed by atoms with E-state index in [-0.39, 0.29) is 11.8 Å². The molecule has 3 N–H and O–H groups in total. The van der Waals surface area contributed by atoms with E-state index in [9.17, 15) is 19.5 Å². The molecule has 1 aliphatic heterocycles. The number of aliphatic carboxylic acids is 1. The van der Waals surface area contributed by atoms with Gasteiger partial charge >= 0.3 is 12.0 Å². The van der Waals surface area contributed by atoms with Gasteiger partial charge in [0.25, 0.3) is 5.91 Å². The number of benzene rings is 2. The van der Waals surface area contributed by atoms with Crippen molar-refractivity contribution in [3.05, 3.63) is 71.8 Å². The fourth-order valence-electron chi connectivity index (χ4n) is 4.41. The van der Waals surface area contributed by atoms with Crippen molar-refractivity contribution in [1.82, 2.24) is 10.6 Å². The van der Waals surface area contributed by atoms with Crippen LogP contribution in [0, 0.1) is 11.8 Å². The Morgan fingerprint density at radius 1 is 1.04 bits per heavy atom. The first-order chi connectivity index (χ1) is 13.5. The minimum Gasteiger partial charge on any atom is -0.481 e. The zero-order chi connectivity index (χ0) is 19.7. The summed E-state index contributed by atoms with van der Waals surface area (Å²) in [6.07, 6.45) is 1.41. The summed E-state index contributed by atoms with van der Waals surface area (Å²) in [7, 11) is 0. The summed E-state index contributed by atoms with van der Waals surface area (Å²) in [5.41, 5.74) is 1.10. The molecule has 6 heteroatoms. The third kappa shape index (κ3) is 3.26. The van der Waals surface area contributed by atoms with Gasteiger partial charge in [0.1, 0.15) is 5.54 Å². The first-order valence-corrected chi connectivity index (χ1v) is 9.47. The Labute approximate surface area is 163 Å². The lowest BCUT2D eigenvalue weighted by Gasteiger charge is -2.29. The van der Waals surface area contributed by atoms with Crippen LogP contribution in [0.1, 0.15) is 36.3 Å². The standard InChI is InChI=1S/C22H22N2O4/c25-19(26)17-13-18(17)22(20(27)23-21(28)24-22)12-11-16(14-7-3-1-4-8-14)15-9-5-2-6-10-15/h1-10,16-18H,11-13H2,(H,25,26)(H2,23,24,27,28)/t17-,18-,22?/m0/s1. The molecule has 0 bridgehead atoms. The van der Waals surface area contributed by atoms with Gasteiger partial charge in [-0.25, -0.2) is 4.79 Å². The summed E-state index contributed by atoms with van der Waals surface area (Å²) in [6.45, 7) is 0. The molecule has 1 heterocycles. The zero-order valence-electron chi connectivity index (χ0n) is 15.3. The highest BCUT2D eigenvalue weighted by Gasteiger charge is 2.62. The van der Waals surface area contributed by atoms with Gasteiger partial charge in [0.05, 0.1) is 5.92 Å². The monoisotopic (exact) mass is 378 g/mol. The molecule has 0 aromatic heterocycles. The third-order valence-corrected chi connectivity index (χ3v) is 5.94. The largest absolute Gasteiger partial charge is 0.481 e. The second kappa shape index (κ2) is 7.11. The molecular formula is C22H22N2O4. The summed E-state index contributed by atoms with van der Waals surface area (Å²) < 4.78 is 0. The van der Waals surface area contributed by atoms with Gasteiger partial charge in [-0.15, -0.1) is 0 Å². The van der Waals surface area contributed by atoms with Crippen LogP contribution >= 0.6 is 0 Å². The Bertz CT molecular complexity index is 860. The number of hydrogen-bond donors (Lipinski definition) is 3. The molecule has 2 aromatic rings. The van der Waals surface area contributed by atoms with Crippen LogP contribution in [0.4, 0.5) is 4.79 Å². The van der Waals surface area contributed by atoms with E-state index in [0.717, 1.165) is 11.1 Å². The minimum absolute atomic E-state index is 0.0478. The number of rotatable bonds is 7. The van der Waals surface area contributed by atoms with Crippen LogP contribution in [0.25, 0.3) is 0 Å². The Hall–Kier alpha value is -3.15. The normalized spacial score (nSPS) is 26.0. The Kier molecular flexibility index (Phi) is 4.63. The molecule has 4 rings (SSSR count). The molecule has 3 amide bonds. The molecule has 28 heavy (non-hydrogen) atoms. The van der Waals surface area contributed by atoms with Gasteiger partial charge in [-0.1, -0.05) is 60.7 Å². The maximum absolute atomic E-state index is 12.7. The number of amides is 3. The number of imide groups is 1. The van der Waals surface area contributed by atoms with Crippen LogP contribution in [0.3, 0.4) is 0 Å². The molecule has 0 spiro atoms. The van der Waals surface area contributed by atoms with Gasteiger partial charge in [-0.2, -0.15) is 0 Å². The molecule has 0 radical (unpaired) electrons. The molecule has 2 fully saturated rings. The maximum Gasteiger partial charge on any atom is 0.322 e. The number of urea groups is 1. The van der Waals surface area contributed by atoms with E-state index in [1.54, 1.807) is 0 Å². The number of carboxylic acid groups (broad SMARTS) is 1. The van der Waals surface area contributed by atoms with E-state index in [0.29, 0.717) is 19.3 Å². The highest BCUT2D eigenvalue weighted by atomic mass is 16.4. The fourth-order valence-corrected chi connectivity index (χ4v) is 4.41. The van der Waals surface area contributed by atoms with Crippen molar-refractivity contribution in [2.45, 2.75) is 30.7 Å². The lowest BCUT2D eigenvalue weighted by molar-refractivity contribution is -0.139. The number of nitrogens with one attached hydrogen (secondary N) is 2. The third-order valence-electron chi connectivity index (χ3n) is 5.94. The fraction of sp³-hybridized carbons (Fsp3) is 0.318. The van der Waals surface area contributed by atoms with Crippen molar-refractivity contribution < 1.29 is 19.5 Å². The van der Waals surface area contributed by atoms with E-state index < -0.39 is 29.4 Å². The van der Waals surface area contributed by atoms with Crippen molar-refractivity contribution >= 4 is 17.9 Å². The summed E-state index contributed by atoms with van der Waals surface area (Å²) in [6, 6.07) is 19.5. The van der Waals surface area contributed by atoms with Crippen molar-refractivity contribution in [2.24, 2.45) is 11.8 Å². The van der Waals surface area contributed by atoms with Crippen LogP contribution in [-0.2, 0) is 9.59 Å². The summed E-state index contributed by atoms with van der Waals surface area (Å²) >= 11 is 0. The molecule has 1 unspecified atom stereocenters. The van der Waals surface area contributed by atoms with Gasteiger partial charge in [0.15, 0.2) is 0 Å². The van der Waals surface area contributed by atoms with Crippen molar-refractivity contribution in [1.29, 1.82) is 0 Å². The first kappa shape index (κ1) is 18.2.